The summed E-state index contributed by atoms with van der Waals surface area (Å²) in [5, 5.41) is 3.69. The molecule has 0 aliphatic carbocycles. The molecule has 0 bridgehead atoms. The molecule has 0 atom stereocenters. The van der Waals surface area contributed by atoms with Gasteiger partial charge in [0.1, 0.15) is 0 Å². The van der Waals surface area contributed by atoms with Crippen molar-refractivity contribution in [3.63, 3.8) is 0 Å². The van der Waals surface area contributed by atoms with Crippen molar-refractivity contribution in [1.29, 1.82) is 0 Å². The van der Waals surface area contributed by atoms with Gasteiger partial charge in [0.05, 0.1) is 11.4 Å². The van der Waals surface area contributed by atoms with Crippen molar-refractivity contribution in [2.24, 2.45) is 0 Å². The Morgan fingerprint density at radius 1 is 1.28 bits per heavy atom. The Hall–Kier alpha value is -0.740. The average molecular weight is 312 g/mol. The van der Waals surface area contributed by atoms with E-state index in [0.29, 0.717) is 6.04 Å². The van der Waals surface area contributed by atoms with Crippen molar-refractivity contribution < 1.29 is 0 Å². The zero-order valence-corrected chi connectivity index (χ0v) is 13.0. The highest BCUT2D eigenvalue weighted by atomic mass is 79.9. The smallest absolute Gasteiger partial charge is 0.0597 e. The molecule has 100 valence electrons. The van der Waals surface area contributed by atoms with Crippen LogP contribution in [0.25, 0.3) is 0 Å². The van der Waals surface area contributed by atoms with E-state index in [1.54, 1.807) is 0 Å². The van der Waals surface area contributed by atoms with E-state index in [9.17, 15) is 0 Å². The summed E-state index contributed by atoms with van der Waals surface area (Å²) in [7, 11) is 6.37. The normalized spacial score (nSPS) is 17.8. The molecule has 3 nitrogen and oxygen atoms in total. The van der Waals surface area contributed by atoms with E-state index in [1.807, 2.05) is 0 Å². The van der Waals surface area contributed by atoms with Gasteiger partial charge < -0.3 is 15.1 Å². The van der Waals surface area contributed by atoms with Gasteiger partial charge in [0.25, 0.3) is 0 Å². The lowest BCUT2D eigenvalue weighted by atomic mass is 10.0. The van der Waals surface area contributed by atoms with E-state index < -0.39 is 0 Å². The third-order valence-corrected chi connectivity index (χ3v) is 4.01. The molecule has 0 aromatic heterocycles. The van der Waals surface area contributed by atoms with Crippen molar-refractivity contribution in [3.05, 3.63) is 22.7 Å². The zero-order chi connectivity index (χ0) is 13.1. The van der Waals surface area contributed by atoms with Gasteiger partial charge >= 0.3 is 0 Å². The van der Waals surface area contributed by atoms with Crippen LogP contribution in [0.15, 0.2) is 22.7 Å². The minimum absolute atomic E-state index is 0.592. The first kappa shape index (κ1) is 13.7. The van der Waals surface area contributed by atoms with Crippen molar-refractivity contribution in [2.75, 3.05) is 44.4 Å². The molecular weight excluding hydrogens is 290 g/mol. The van der Waals surface area contributed by atoms with E-state index in [4.69, 9.17) is 0 Å². The van der Waals surface area contributed by atoms with E-state index in [2.05, 4.69) is 70.4 Å². The molecular formula is C14H22BrN3. The van der Waals surface area contributed by atoms with Crippen LogP contribution < -0.4 is 10.2 Å². The van der Waals surface area contributed by atoms with E-state index in [0.717, 1.165) is 4.47 Å². The summed E-state index contributed by atoms with van der Waals surface area (Å²) >= 11 is 3.55. The zero-order valence-electron chi connectivity index (χ0n) is 11.4. The summed E-state index contributed by atoms with van der Waals surface area (Å²) in [6.45, 7) is 2.37. The first-order chi connectivity index (χ1) is 8.56. The molecule has 1 fully saturated rings. The van der Waals surface area contributed by atoms with Gasteiger partial charge in [0.15, 0.2) is 0 Å². The van der Waals surface area contributed by atoms with Crippen molar-refractivity contribution in [3.8, 4) is 0 Å². The second-order valence-corrected chi connectivity index (χ2v) is 6.19. The van der Waals surface area contributed by atoms with Crippen LogP contribution in [0.3, 0.4) is 0 Å². The molecule has 1 heterocycles. The first-order valence-corrected chi connectivity index (χ1v) is 7.27. The van der Waals surface area contributed by atoms with Crippen molar-refractivity contribution in [1.82, 2.24) is 4.90 Å². The average Bonchev–Trinajstić information content (AvgIpc) is 2.32. The Kier molecular flexibility index (Phi) is 4.51. The van der Waals surface area contributed by atoms with Gasteiger partial charge in [0.2, 0.25) is 0 Å². The van der Waals surface area contributed by atoms with Crippen LogP contribution in [-0.2, 0) is 0 Å². The number of nitrogens with one attached hydrogen (secondary N) is 1. The predicted molar refractivity (Wildman–Crippen MR) is 82.6 cm³/mol. The second kappa shape index (κ2) is 5.93. The number of hydrogen-bond acceptors (Lipinski definition) is 3. The third kappa shape index (κ3) is 3.39. The molecule has 1 aliphatic rings. The van der Waals surface area contributed by atoms with Crippen molar-refractivity contribution >= 4 is 27.3 Å². The molecule has 0 radical (unpaired) electrons. The molecule has 0 amide bonds. The lowest BCUT2D eigenvalue weighted by Gasteiger charge is -2.31. The Morgan fingerprint density at radius 3 is 2.56 bits per heavy atom. The fourth-order valence-corrected chi connectivity index (χ4v) is 2.75. The van der Waals surface area contributed by atoms with E-state index in [-0.39, 0.29) is 0 Å². The number of anilines is 2. The van der Waals surface area contributed by atoms with Gasteiger partial charge in [-0.3, -0.25) is 0 Å². The van der Waals surface area contributed by atoms with Crippen LogP contribution in [0, 0.1) is 0 Å². The van der Waals surface area contributed by atoms with E-state index in [1.165, 1.54) is 37.3 Å². The molecule has 1 aliphatic heterocycles. The van der Waals surface area contributed by atoms with Crippen LogP contribution in [0.5, 0.6) is 0 Å². The Balaban J connectivity index is 2.10. The SMILES string of the molecule is CN1CCC(Nc2cc(Br)ccc2N(C)C)CC1. The van der Waals surface area contributed by atoms with Crippen LogP contribution in [0.4, 0.5) is 11.4 Å². The molecule has 1 aromatic rings. The summed E-state index contributed by atoms with van der Waals surface area (Å²) in [6.07, 6.45) is 2.44. The molecule has 0 spiro atoms. The monoisotopic (exact) mass is 311 g/mol. The minimum Gasteiger partial charge on any atom is -0.381 e. The Labute approximate surface area is 118 Å². The number of halogens is 1. The molecule has 4 heteroatoms. The highest BCUT2D eigenvalue weighted by Crippen LogP contribution is 2.29. The summed E-state index contributed by atoms with van der Waals surface area (Å²) in [6, 6.07) is 7.01. The van der Waals surface area contributed by atoms with Gasteiger partial charge in [-0.2, -0.15) is 0 Å². The molecule has 18 heavy (non-hydrogen) atoms. The van der Waals surface area contributed by atoms with Gasteiger partial charge in [0, 0.05) is 24.6 Å². The Bertz CT molecular complexity index is 398. The minimum atomic E-state index is 0.592. The maximum Gasteiger partial charge on any atom is 0.0597 e. The molecule has 2 rings (SSSR count). The largest absolute Gasteiger partial charge is 0.381 e. The molecule has 1 aromatic carbocycles. The number of piperidine rings is 1. The highest BCUT2D eigenvalue weighted by Gasteiger charge is 2.17. The highest BCUT2D eigenvalue weighted by molar-refractivity contribution is 9.10. The summed E-state index contributed by atoms with van der Waals surface area (Å²) in [4.78, 5) is 4.55. The van der Waals surface area contributed by atoms with Gasteiger partial charge in [-0.25, -0.2) is 0 Å². The van der Waals surface area contributed by atoms with E-state index >= 15 is 0 Å². The summed E-state index contributed by atoms with van der Waals surface area (Å²) in [5.41, 5.74) is 2.47. The van der Waals surface area contributed by atoms with Crippen LogP contribution >= 0.6 is 15.9 Å². The quantitative estimate of drug-likeness (QED) is 0.925. The topological polar surface area (TPSA) is 18.5 Å². The third-order valence-electron chi connectivity index (χ3n) is 3.52. The molecule has 0 saturated carbocycles. The lowest BCUT2D eigenvalue weighted by Crippen LogP contribution is -2.37. The van der Waals surface area contributed by atoms with Crippen LogP contribution in [0.1, 0.15) is 12.8 Å². The molecule has 0 unspecified atom stereocenters. The fraction of sp³-hybridized carbons (Fsp3) is 0.571. The molecule has 1 saturated heterocycles. The standard InChI is InChI=1S/C14H22BrN3/c1-17(2)14-5-4-11(15)10-13(14)16-12-6-8-18(3)9-7-12/h4-5,10,12,16H,6-9H2,1-3H3. The second-order valence-electron chi connectivity index (χ2n) is 5.28. The lowest BCUT2D eigenvalue weighted by molar-refractivity contribution is 0.264. The van der Waals surface area contributed by atoms with Gasteiger partial charge in [-0.05, 0) is 51.2 Å². The maximum absolute atomic E-state index is 3.69. The van der Waals surface area contributed by atoms with Crippen LogP contribution in [-0.4, -0.2) is 45.2 Å². The first-order valence-electron chi connectivity index (χ1n) is 6.48. The number of nitrogens with zero attached hydrogens (tertiary/aromatic N) is 2. The Morgan fingerprint density at radius 2 is 1.94 bits per heavy atom. The van der Waals surface area contributed by atoms with Crippen LogP contribution in [0.2, 0.25) is 0 Å². The number of rotatable bonds is 3. The summed E-state index contributed by atoms with van der Waals surface area (Å²) < 4.78 is 1.13. The number of benzene rings is 1. The molecule has 1 N–H and O–H groups in total. The number of hydrogen-bond donors (Lipinski definition) is 1. The predicted octanol–water partition coefficient (Wildman–Crippen LogP) is 3.02. The van der Waals surface area contributed by atoms with Gasteiger partial charge in [-0.15, -0.1) is 0 Å². The summed E-state index contributed by atoms with van der Waals surface area (Å²) in [5.74, 6) is 0. The van der Waals surface area contributed by atoms with Crippen molar-refractivity contribution in [2.45, 2.75) is 18.9 Å². The van der Waals surface area contributed by atoms with Gasteiger partial charge in [-0.1, -0.05) is 15.9 Å². The number of likely N-dealkylation sites (tertiary alicyclic amines) is 1. The maximum atomic E-state index is 3.69. The fourth-order valence-electron chi connectivity index (χ4n) is 2.39.